The van der Waals surface area contributed by atoms with Gasteiger partial charge in [0, 0.05) is 37.3 Å². The van der Waals surface area contributed by atoms with Crippen LogP contribution in [0.4, 0.5) is 0 Å². The van der Waals surface area contributed by atoms with E-state index >= 15 is 0 Å². The second-order valence-electron chi connectivity index (χ2n) is 7.12. The van der Waals surface area contributed by atoms with Gasteiger partial charge < -0.3 is 9.47 Å². The topological polar surface area (TPSA) is 110 Å². The maximum atomic E-state index is 13.0. The molecule has 146 valence electrons. The van der Waals surface area contributed by atoms with Crippen LogP contribution in [0.15, 0.2) is 23.5 Å². The molecule has 0 spiro atoms. The van der Waals surface area contributed by atoms with Gasteiger partial charge in [-0.25, -0.2) is 13.4 Å². The molecule has 9 nitrogen and oxygen atoms in total. The predicted octanol–water partition coefficient (Wildman–Crippen LogP) is 0.859. The van der Waals surface area contributed by atoms with Gasteiger partial charge in [0.1, 0.15) is 16.9 Å². The summed E-state index contributed by atoms with van der Waals surface area (Å²) in [5.41, 5.74) is 1.09. The second kappa shape index (κ2) is 7.17. The van der Waals surface area contributed by atoms with Gasteiger partial charge in [-0.1, -0.05) is 0 Å². The van der Waals surface area contributed by atoms with Crippen LogP contribution in [0.5, 0.6) is 5.88 Å². The number of ether oxygens (including phenoxy) is 2. The quantitative estimate of drug-likeness (QED) is 0.796. The summed E-state index contributed by atoms with van der Waals surface area (Å²) in [7, 11) is -3.48. The summed E-state index contributed by atoms with van der Waals surface area (Å²) in [6.07, 6.45) is 6.13. The fourth-order valence-electron chi connectivity index (χ4n) is 4.02. The number of sulfone groups is 1. The normalized spacial score (nSPS) is 26.1. The molecule has 27 heavy (non-hydrogen) atoms. The van der Waals surface area contributed by atoms with E-state index in [1.54, 1.807) is 32.4 Å². The van der Waals surface area contributed by atoms with Crippen molar-refractivity contribution in [2.24, 2.45) is 0 Å². The van der Waals surface area contributed by atoms with Gasteiger partial charge in [-0.2, -0.15) is 5.10 Å². The molecule has 2 fully saturated rings. The van der Waals surface area contributed by atoms with Crippen molar-refractivity contribution in [1.29, 1.82) is 0 Å². The predicted molar refractivity (Wildman–Crippen MR) is 96.0 cm³/mol. The van der Waals surface area contributed by atoms with Crippen molar-refractivity contribution >= 4 is 9.84 Å². The third kappa shape index (κ3) is 3.69. The number of hydrogen-bond donors (Lipinski definition) is 1. The average Bonchev–Trinajstić information content (AvgIpc) is 2.95. The van der Waals surface area contributed by atoms with Gasteiger partial charge in [-0.05, 0) is 13.8 Å². The molecule has 2 aromatic heterocycles. The van der Waals surface area contributed by atoms with Gasteiger partial charge in [0.15, 0.2) is 9.84 Å². The summed E-state index contributed by atoms with van der Waals surface area (Å²) in [5.74, 6) is 0.456. The van der Waals surface area contributed by atoms with Crippen molar-refractivity contribution in [2.45, 2.75) is 49.8 Å². The van der Waals surface area contributed by atoms with Gasteiger partial charge in [0.25, 0.3) is 0 Å². The van der Waals surface area contributed by atoms with E-state index < -0.39 is 9.84 Å². The lowest BCUT2D eigenvalue weighted by molar-refractivity contribution is -0.0923. The van der Waals surface area contributed by atoms with Crippen molar-refractivity contribution in [1.82, 2.24) is 25.1 Å². The number of rotatable bonds is 5. The fraction of sp³-hybridized carbons (Fsp3) is 0.588. The molecule has 0 radical (unpaired) electrons. The third-order valence-electron chi connectivity index (χ3n) is 5.15. The van der Waals surface area contributed by atoms with E-state index in [1.807, 2.05) is 4.90 Å². The Kier molecular flexibility index (Phi) is 4.87. The van der Waals surface area contributed by atoms with E-state index in [-0.39, 0.29) is 24.1 Å². The van der Waals surface area contributed by atoms with Gasteiger partial charge in [-0.3, -0.25) is 15.0 Å². The van der Waals surface area contributed by atoms with Crippen LogP contribution in [-0.4, -0.2) is 70.8 Å². The van der Waals surface area contributed by atoms with Gasteiger partial charge >= 0.3 is 0 Å². The Labute approximate surface area is 158 Å². The molecule has 2 aliphatic rings. The van der Waals surface area contributed by atoms with Crippen molar-refractivity contribution in [3.63, 3.8) is 0 Å². The molecule has 4 heterocycles. The van der Waals surface area contributed by atoms with E-state index in [1.165, 1.54) is 0 Å². The van der Waals surface area contributed by atoms with Crippen molar-refractivity contribution < 1.29 is 17.9 Å². The lowest BCUT2D eigenvalue weighted by atomic mass is 9.92. The molecule has 0 aliphatic carbocycles. The number of aromatic nitrogens is 4. The molecule has 2 aliphatic heterocycles. The SMILES string of the molecule is Cc1n[nH]c(C)c1S(=O)(=O)CN1[C@@H]2COC[C@H]1C[C@H](Oc1cnccn1)C2. The van der Waals surface area contributed by atoms with E-state index in [2.05, 4.69) is 20.2 Å². The van der Waals surface area contributed by atoms with Gasteiger partial charge in [0.2, 0.25) is 5.88 Å². The summed E-state index contributed by atoms with van der Waals surface area (Å²) < 4.78 is 37.7. The molecule has 0 saturated carbocycles. The molecule has 1 N–H and O–H groups in total. The Bertz CT molecular complexity index is 868. The highest BCUT2D eigenvalue weighted by molar-refractivity contribution is 7.91. The van der Waals surface area contributed by atoms with Crippen molar-refractivity contribution in [3.8, 4) is 5.88 Å². The average molecular weight is 393 g/mol. The minimum absolute atomic E-state index is 0.0125. The van der Waals surface area contributed by atoms with Gasteiger partial charge in [-0.15, -0.1) is 0 Å². The highest BCUT2D eigenvalue weighted by Gasteiger charge is 2.42. The molecular formula is C17H23N5O4S. The summed E-state index contributed by atoms with van der Waals surface area (Å²) >= 11 is 0. The maximum absolute atomic E-state index is 13.0. The first-order chi connectivity index (χ1) is 12.9. The maximum Gasteiger partial charge on any atom is 0.232 e. The minimum atomic E-state index is -3.48. The number of fused-ring (bicyclic) bond motifs is 2. The molecule has 2 aromatic rings. The second-order valence-corrected chi connectivity index (χ2v) is 9.02. The zero-order chi connectivity index (χ0) is 19.0. The Balaban J connectivity index is 1.50. The first-order valence-corrected chi connectivity index (χ1v) is 10.6. The van der Waals surface area contributed by atoms with Crippen molar-refractivity contribution in [3.05, 3.63) is 30.0 Å². The lowest BCUT2D eigenvalue weighted by Crippen LogP contribution is -2.60. The first kappa shape index (κ1) is 18.3. The largest absolute Gasteiger partial charge is 0.473 e. The van der Waals surface area contributed by atoms with E-state index in [4.69, 9.17) is 9.47 Å². The molecule has 10 heteroatoms. The molecule has 0 aromatic carbocycles. The Hall–Kier alpha value is -2.04. The summed E-state index contributed by atoms with van der Waals surface area (Å²) in [4.78, 5) is 10.5. The minimum Gasteiger partial charge on any atom is -0.473 e. The van der Waals surface area contributed by atoms with Crippen LogP contribution in [0, 0.1) is 13.8 Å². The zero-order valence-corrected chi connectivity index (χ0v) is 16.1. The van der Waals surface area contributed by atoms with Crippen LogP contribution in [0.2, 0.25) is 0 Å². The molecule has 3 atom stereocenters. The number of piperidine rings is 1. The number of nitrogens with zero attached hydrogens (tertiary/aromatic N) is 4. The molecule has 0 amide bonds. The first-order valence-electron chi connectivity index (χ1n) is 8.94. The van der Waals surface area contributed by atoms with Gasteiger partial charge in [0.05, 0.1) is 30.8 Å². The van der Waals surface area contributed by atoms with E-state index in [9.17, 15) is 8.42 Å². The van der Waals surface area contributed by atoms with Crippen LogP contribution in [0.25, 0.3) is 0 Å². The Morgan fingerprint density at radius 2 is 2.00 bits per heavy atom. The Morgan fingerprint density at radius 3 is 2.59 bits per heavy atom. The number of H-pyrrole nitrogens is 1. The Morgan fingerprint density at radius 1 is 1.26 bits per heavy atom. The van der Waals surface area contributed by atoms with Crippen LogP contribution in [0.3, 0.4) is 0 Å². The lowest BCUT2D eigenvalue weighted by Gasteiger charge is -2.47. The number of aromatic amines is 1. The van der Waals surface area contributed by atoms with Crippen LogP contribution in [0.1, 0.15) is 24.2 Å². The molecule has 2 bridgehead atoms. The molecule has 0 unspecified atom stereocenters. The van der Waals surface area contributed by atoms with Crippen LogP contribution >= 0.6 is 0 Å². The molecule has 2 saturated heterocycles. The van der Waals surface area contributed by atoms with Crippen molar-refractivity contribution in [2.75, 3.05) is 19.1 Å². The highest BCUT2D eigenvalue weighted by atomic mass is 32.2. The number of hydrogen-bond acceptors (Lipinski definition) is 8. The smallest absolute Gasteiger partial charge is 0.232 e. The highest BCUT2D eigenvalue weighted by Crippen LogP contribution is 2.32. The molecule has 4 rings (SSSR count). The number of nitrogens with one attached hydrogen (secondary N) is 1. The van der Waals surface area contributed by atoms with E-state index in [0.717, 1.165) is 0 Å². The van der Waals surface area contributed by atoms with Crippen LogP contribution in [-0.2, 0) is 14.6 Å². The number of aryl methyl sites for hydroxylation is 2. The van der Waals surface area contributed by atoms with Crippen LogP contribution < -0.4 is 4.74 Å². The fourth-order valence-corrected chi connectivity index (χ4v) is 5.97. The number of morpholine rings is 1. The summed E-state index contributed by atoms with van der Waals surface area (Å²) in [6.45, 7) is 4.44. The summed E-state index contributed by atoms with van der Waals surface area (Å²) in [5, 5.41) is 6.79. The standard InChI is InChI=1S/C17H23N5O4S/c1-11-17(12(2)21-20-11)27(23,24)10-22-13-5-15(6-14(22)9-25-8-13)26-16-7-18-3-4-19-16/h3-4,7,13-15H,5-6,8-10H2,1-2H3,(H,20,21)/t13-,14+,15+. The molecular weight excluding hydrogens is 370 g/mol. The monoisotopic (exact) mass is 393 g/mol. The summed E-state index contributed by atoms with van der Waals surface area (Å²) in [6, 6.07) is -0.0251. The third-order valence-corrected chi connectivity index (χ3v) is 7.01. The van der Waals surface area contributed by atoms with E-state index in [0.29, 0.717) is 48.2 Å². The zero-order valence-electron chi connectivity index (χ0n) is 15.3.